The number of hydrogen-bond donors (Lipinski definition) is 1. The van der Waals surface area contributed by atoms with Gasteiger partial charge in [-0.3, -0.25) is 0 Å². The van der Waals surface area contributed by atoms with E-state index in [1.54, 1.807) is 18.2 Å². The Morgan fingerprint density at radius 1 is 0.840 bits per heavy atom. The third-order valence-corrected chi connectivity index (χ3v) is 6.45. The average molecular weight is 383 g/mol. The SMILES string of the molecule is CS(=O)(=O)N(CCNS(=O)(=O)c1ccccc1)CCc1ccccc1. The molecule has 2 aromatic carbocycles. The summed E-state index contributed by atoms with van der Waals surface area (Å²) >= 11 is 0. The second-order valence-electron chi connectivity index (χ2n) is 5.61. The van der Waals surface area contributed by atoms with Crippen LogP contribution in [0.4, 0.5) is 0 Å². The minimum atomic E-state index is -3.64. The fraction of sp³-hybridized carbons (Fsp3) is 0.294. The molecule has 1 N–H and O–H groups in total. The molecule has 0 saturated heterocycles. The van der Waals surface area contributed by atoms with Crippen molar-refractivity contribution < 1.29 is 16.8 Å². The van der Waals surface area contributed by atoms with Crippen LogP contribution in [-0.4, -0.2) is 47.0 Å². The van der Waals surface area contributed by atoms with Crippen molar-refractivity contribution in [3.05, 3.63) is 66.2 Å². The van der Waals surface area contributed by atoms with Crippen LogP contribution < -0.4 is 4.72 Å². The van der Waals surface area contributed by atoms with Gasteiger partial charge in [0.15, 0.2) is 0 Å². The second kappa shape index (κ2) is 8.57. The van der Waals surface area contributed by atoms with Crippen molar-refractivity contribution in [3.8, 4) is 0 Å². The van der Waals surface area contributed by atoms with E-state index in [0.29, 0.717) is 13.0 Å². The van der Waals surface area contributed by atoms with Crippen LogP contribution in [0.2, 0.25) is 0 Å². The van der Waals surface area contributed by atoms with E-state index >= 15 is 0 Å². The van der Waals surface area contributed by atoms with Crippen LogP contribution in [0.25, 0.3) is 0 Å². The molecule has 0 fully saturated rings. The predicted molar refractivity (Wildman–Crippen MR) is 98.2 cm³/mol. The van der Waals surface area contributed by atoms with Crippen LogP contribution >= 0.6 is 0 Å². The lowest BCUT2D eigenvalue weighted by Crippen LogP contribution is -2.39. The average Bonchev–Trinajstić information content (AvgIpc) is 2.58. The monoisotopic (exact) mass is 382 g/mol. The molecule has 0 aliphatic rings. The van der Waals surface area contributed by atoms with Crippen molar-refractivity contribution in [1.29, 1.82) is 0 Å². The molecule has 25 heavy (non-hydrogen) atoms. The van der Waals surface area contributed by atoms with E-state index in [1.807, 2.05) is 30.3 Å². The lowest BCUT2D eigenvalue weighted by Gasteiger charge is -2.20. The number of sulfonamides is 2. The molecule has 0 atom stereocenters. The van der Waals surface area contributed by atoms with E-state index in [4.69, 9.17) is 0 Å². The first-order valence-electron chi connectivity index (χ1n) is 7.83. The summed E-state index contributed by atoms with van der Waals surface area (Å²) in [6.07, 6.45) is 1.70. The molecular weight excluding hydrogens is 360 g/mol. The van der Waals surface area contributed by atoms with Crippen LogP contribution in [0.5, 0.6) is 0 Å². The predicted octanol–water partition coefficient (Wildman–Crippen LogP) is 1.47. The molecule has 0 aliphatic carbocycles. The van der Waals surface area contributed by atoms with Crippen LogP contribution in [0.3, 0.4) is 0 Å². The molecule has 0 heterocycles. The number of nitrogens with one attached hydrogen (secondary N) is 1. The Labute approximate surface area is 149 Å². The third-order valence-electron chi connectivity index (χ3n) is 3.67. The molecular formula is C17H22N2O4S2. The van der Waals surface area contributed by atoms with Crippen LogP contribution in [0.15, 0.2) is 65.6 Å². The third kappa shape index (κ3) is 6.24. The van der Waals surface area contributed by atoms with Crippen molar-refractivity contribution in [3.63, 3.8) is 0 Å². The molecule has 2 aromatic rings. The fourth-order valence-electron chi connectivity index (χ4n) is 2.33. The van der Waals surface area contributed by atoms with Gasteiger partial charge < -0.3 is 0 Å². The van der Waals surface area contributed by atoms with E-state index in [1.165, 1.54) is 16.4 Å². The molecule has 0 aromatic heterocycles. The van der Waals surface area contributed by atoms with Crippen molar-refractivity contribution >= 4 is 20.0 Å². The van der Waals surface area contributed by atoms with Gasteiger partial charge in [0.2, 0.25) is 20.0 Å². The quantitative estimate of drug-likeness (QED) is 0.712. The summed E-state index contributed by atoms with van der Waals surface area (Å²) in [5.41, 5.74) is 1.03. The number of benzene rings is 2. The molecule has 0 saturated carbocycles. The fourth-order valence-corrected chi connectivity index (χ4v) is 4.22. The Morgan fingerprint density at radius 2 is 1.40 bits per heavy atom. The maximum absolute atomic E-state index is 12.2. The Kier molecular flexibility index (Phi) is 6.71. The molecule has 0 unspecified atom stereocenters. The summed E-state index contributed by atoms with van der Waals surface area (Å²) in [6, 6.07) is 17.5. The Balaban J connectivity index is 1.94. The first-order valence-corrected chi connectivity index (χ1v) is 11.2. The van der Waals surface area contributed by atoms with E-state index in [2.05, 4.69) is 4.72 Å². The van der Waals surface area contributed by atoms with Crippen molar-refractivity contribution in [2.45, 2.75) is 11.3 Å². The first kappa shape index (κ1) is 19.6. The minimum Gasteiger partial charge on any atom is -0.213 e. The van der Waals surface area contributed by atoms with Crippen molar-refractivity contribution in [1.82, 2.24) is 9.03 Å². The maximum atomic E-state index is 12.2. The summed E-state index contributed by atoms with van der Waals surface area (Å²) < 4.78 is 51.9. The van der Waals surface area contributed by atoms with Gasteiger partial charge in [-0.2, -0.15) is 0 Å². The molecule has 8 heteroatoms. The highest BCUT2D eigenvalue weighted by molar-refractivity contribution is 7.89. The second-order valence-corrected chi connectivity index (χ2v) is 9.36. The van der Waals surface area contributed by atoms with Crippen LogP contribution in [0.1, 0.15) is 5.56 Å². The zero-order chi connectivity index (χ0) is 18.3. The number of nitrogens with zero attached hydrogens (tertiary/aromatic N) is 1. The van der Waals surface area contributed by atoms with E-state index < -0.39 is 20.0 Å². The molecule has 2 rings (SSSR count). The van der Waals surface area contributed by atoms with Crippen LogP contribution in [-0.2, 0) is 26.5 Å². The van der Waals surface area contributed by atoms with Gasteiger partial charge in [0.05, 0.1) is 11.2 Å². The zero-order valence-electron chi connectivity index (χ0n) is 14.0. The van der Waals surface area contributed by atoms with Crippen molar-refractivity contribution in [2.75, 3.05) is 25.9 Å². The Morgan fingerprint density at radius 3 is 1.96 bits per heavy atom. The zero-order valence-corrected chi connectivity index (χ0v) is 15.6. The van der Waals surface area contributed by atoms with Gasteiger partial charge in [-0.25, -0.2) is 25.9 Å². The van der Waals surface area contributed by atoms with Gasteiger partial charge in [-0.15, -0.1) is 0 Å². The van der Waals surface area contributed by atoms with E-state index in [9.17, 15) is 16.8 Å². The molecule has 0 spiro atoms. The lowest BCUT2D eigenvalue weighted by atomic mass is 10.1. The van der Waals surface area contributed by atoms with Gasteiger partial charge in [-0.1, -0.05) is 48.5 Å². The van der Waals surface area contributed by atoms with E-state index in [0.717, 1.165) is 11.8 Å². The van der Waals surface area contributed by atoms with Gasteiger partial charge in [0.1, 0.15) is 0 Å². The normalized spacial score (nSPS) is 12.4. The van der Waals surface area contributed by atoms with Crippen LogP contribution in [0, 0.1) is 0 Å². The van der Waals surface area contributed by atoms with Gasteiger partial charge in [0, 0.05) is 19.6 Å². The summed E-state index contributed by atoms with van der Waals surface area (Å²) in [7, 11) is -7.06. The minimum absolute atomic E-state index is 0.0130. The number of hydrogen-bond acceptors (Lipinski definition) is 4. The smallest absolute Gasteiger partial charge is 0.213 e. The topological polar surface area (TPSA) is 83.6 Å². The first-order chi connectivity index (χ1) is 11.8. The summed E-state index contributed by atoms with van der Waals surface area (Å²) in [5, 5.41) is 0. The highest BCUT2D eigenvalue weighted by Gasteiger charge is 2.18. The molecule has 136 valence electrons. The van der Waals surface area contributed by atoms with E-state index in [-0.39, 0.29) is 18.0 Å². The molecule has 0 amide bonds. The standard InChI is InChI=1S/C17H22N2O4S2/c1-24(20,21)19(14-12-16-8-4-2-5-9-16)15-13-18-25(22,23)17-10-6-3-7-11-17/h2-11,18H,12-15H2,1H3. The number of rotatable bonds is 9. The Bertz CT molecular complexity index is 867. The molecule has 0 bridgehead atoms. The molecule has 0 radical (unpaired) electrons. The highest BCUT2D eigenvalue weighted by atomic mass is 32.2. The van der Waals surface area contributed by atoms with Crippen molar-refractivity contribution in [2.24, 2.45) is 0 Å². The molecule has 0 aliphatic heterocycles. The van der Waals surface area contributed by atoms with Gasteiger partial charge in [-0.05, 0) is 24.1 Å². The van der Waals surface area contributed by atoms with Gasteiger partial charge >= 0.3 is 0 Å². The Hall–Kier alpha value is -1.74. The van der Waals surface area contributed by atoms with Gasteiger partial charge in [0.25, 0.3) is 0 Å². The highest BCUT2D eigenvalue weighted by Crippen LogP contribution is 2.08. The molecule has 6 nitrogen and oxygen atoms in total. The summed E-state index contributed by atoms with van der Waals surface area (Å²) in [4.78, 5) is 0.158. The summed E-state index contributed by atoms with van der Waals surface area (Å²) in [5.74, 6) is 0. The summed E-state index contributed by atoms with van der Waals surface area (Å²) in [6.45, 7) is 0.396. The largest absolute Gasteiger partial charge is 0.240 e. The lowest BCUT2D eigenvalue weighted by molar-refractivity contribution is 0.420. The maximum Gasteiger partial charge on any atom is 0.240 e.